The number of hydrogen-bond acceptors (Lipinski definition) is 2. The van der Waals surface area contributed by atoms with Crippen LogP contribution in [0.4, 0.5) is 0 Å². The summed E-state index contributed by atoms with van der Waals surface area (Å²) < 4.78 is 0. The summed E-state index contributed by atoms with van der Waals surface area (Å²) >= 11 is 6.88. The highest BCUT2D eigenvalue weighted by Gasteiger charge is 1.96. The van der Waals surface area contributed by atoms with E-state index < -0.39 is 0 Å². The quantitative estimate of drug-likeness (QED) is 0.550. The molecule has 54 valence electrons. The number of hydrogen-bond donors (Lipinski definition) is 1. The molecule has 0 aromatic heterocycles. The summed E-state index contributed by atoms with van der Waals surface area (Å²) in [6.07, 6.45) is 0. The van der Waals surface area contributed by atoms with Gasteiger partial charge in [0.25, 0.3) is 0 Å². The summed E-state index contributed by atoms with van der Waals surface area (Å²) in [6.45, 7) is 0. The van der Waals surface area contributed by atoms with Crippen molar-refractivity contribution >= 4 is 23.4 Å². The van der Waals surface area contributed by atoms with Crippen molar-refractivity contribution in [3.8, 4) is 5.75 Å². The van der Waals surface area contributed by atoms with Crippen molar-refractivity contribution in [2.45, 2.75) is 4.90 Å². The molecule has 1 rings (SSSR count). The molecule has 0 spiro atoms. The summed E-state index contributed by atoms with van der Waals surface area (Å²) in [6, 6.07) is 7.14. The minimum absolute atomic E-state index is 0.299. The summed E-state index contributed by atoms with van der Waals surface area (Å²) in [4.78, 5) is 0.831. The van der Waals surface area contributed by atoms with Gasteiger partial charge in [-0.3, -0.25) is 0 Å². The van der Waals surface area contributed by atoms with E-state index in [1.165, 1.54) is 11.8 Å². The van der Waals surface area contributed by atoms with E-state index in [4.69, 9.17) is 16.7 Å². The van der Waals surface area contributed by atoms with Gasteiger partial charge in [0.05, 0.1) is 10.1 Å². The van der Waals surface area contributed by atoms with Crippen molar-refractivity contribution in [1.29, 1.82) is 0 Å². The molecular weight excluding hydrogens is 168 g/mol. The predicted octanol–water partition coefficient (Wildman–Crippen LogP) is 2.68. The number of phenolic OH excluding ortho intramolecular Hbond substituents is 1. The van der Waals surface area contributed by atoms with Crippen LogP contribution < -0.4 is 0 Å². The molecule has 0 fully saturated rings. The van der Waals surface area contributed by atoms with Gasteiger partial charge < -0.3 is 5.11 Å². The molecule has 10 heavy (non-hydrogen) atoms. The zero-order valence-electron chi connectivity index (χ0n) is 5.25. The second-order valence-electron chi connectivity index (χ2n) is 1.72. The maximum atomic E-state index is 9.16. The highest BCUT2D eigenvalue weighted by molar-refractivity contribution is 8.00. The molecule has 1 aromatic rings. The SMILES string of the molecule is Oc1ccccc1SCCl. The predicted molar refractivity (Wildman–Crippen MR) is 44.7 cm³/mol. The Morgan fingerprint density at radius 1 is 1.40 bits per heavy atom. The van der Waals surface area contributed by atoms with E-state index in [0.717, 1.165) is 4.90 Å². The highest BCUT2D eigenvalue weighted by Crippen LogP contribution is 2.27. The van der Waals surface area contributed by atoms with Gasteiger partial charge in [0, 0.05) is 0 Å². The van der Waals surface area contributed by atoms with Crippen LogP contribution in [0.2, 0.25) is 0 Å². The van der Waals surface area contributed by atoms with Crippen LogP contribution in [0.5, 0.6) is 5.75 Å². The molecule has 1 aromatic carbocycles. The molecule has 0 bridgehead atoms. The first-order chi connectivity index (χ1) is 4.84. The minimum Gasteiger partial charge on any atom is -0.507 e. The van der Waals surface area contributed by atoms with Gasteiger partial charge in [0.1, 0.15) is 5.75 Å². The normalized spacial score (nSPS) is 9.70. The van der Waals surface area contributed by atoms with E-state index in [-0.39, 0.29) is 0 Å². The van der Waals surface area contributed by atoms with E-state index in [1.807, 2.05) is 12.1 Å². The third-order valence-electron chi connectivity index (χ3n) is 1.08. The van der Waals surface area contributed by atoms with Crippen molar-refractivity contribution in [2.24, 2.45) is 0 Å². The van der Waals surface area contributed by atoms with Crippen molar-refractivity contribution in [1.82, 2.24) is 0 Å². The highest BCUT2D eigenvalue weighted by atomic mass is 35.5. The molecule has 0 radical (unpaired) electrons. The Balaban J connectivity index is 2.81. The molecule has 0 unspecified atom stereocenters. The molecule has 0 saturated heterocycles. The number of benzene rings is 1. The average Bonchev–Trinajstić information content (AvgIpc) is 1.94. The Labute approximate surface area is 69.0 Å². The second-order valence-corrected chi connectivity index (χ2v) is 3.32. The van der Waals surface area contributed by atoms with Gasteiger partial charge in [-0.2, -0.15) is 0 Å². The Kier molecular flexibility index (Phi) is 2.90. The summed E-state index contributed by atoms with van der Waals surface area (Å²) in [7, 11) is 0. The smallest absolute Gasteiger partial charge is 0.129 e. The lowest BCUT2D eigenvalue weighted by Gasteiger charge is -1.98. The monoisotopic (exact) mass is 174 g/mol. The fourth-order valence-corrected chi connectivity index (χ4v) is 1.50. The van der Waals surface area contributed by atoms with Gasteiger partial charge >= 0.3 is 0 Å². The van der Waals surface area contributed by atoms with Crippen LogP contribution in [0, 0.1) is 0 Å². The lowest BCUT2D eigenvalue weighted by molar-refractivity contribution is 0.462. The molecule has 0 aliphatic carbocycles. The van der Waals surface area contributed by atoms with Crippen molar-refractivity contribution in [3.05, 3.63) is 24.3 Å². The van der Waals surface area contributed by atoms with E-state index in [2.05, 4.69) is 0 Å². The third-order valence-corrected chi connectivity index (χ3v) is 2.17. The Morgan fingerprint density at radius 3 is 2.70 bits per heavy atom. The molecule has 0 amide bonds. The summed E-state index contributed by atoms with van der Waals surface area (Å²) in [5, 5.41) is 9.63. The van der Waals surface area contributed by atoms with Crippen LogP contribution in [0.3, 0.4) is 0 Å². The summed E-state index contributed by atoms with van der Waals surface area (Å²) in [5.41, 5.74) is 0. The van der Waals surface area contributed by atoms with Crippen LogP contribution in [0.25, 0.3) is 0 Å². The fraction of sp³-hybridized carbons (Fsp3) is 0.143. The lowest BCUT2D eigenvalue weighted by atomic mass is 10.3. The van der Waals surface area contributed by atoms with Crippen LogP contribution in [-0.4, -0.2) is 10.3 Å². The number of para-hydroxylation sites is 1. The van der Waals surface area contributed by atoms with Crippen LogP contribution in [-0.2, 0) is 0 Å². The molecule has 1 nitrogen and oxygen atoms in total. The van der Waals surface area contributed by atoms with E-state index in [1.54, 1.807) is 12.1 Å². The third kappa shape index (κ3) is 1.82. The van der Waals surface area contributed by atoms with Gasteiger partial charge in [0.2, 0.25) is 0 Å². The van der Waals surface area contributed by atoms with Crippen molar-refractivity contribution in [3.63, 3.8) is 0 Å². The minimum atomic E-state index is 0.299. The van der Waals surface area contributed by atoms with Gasteiger partial charge in [-0.15, -0.1) is 23.4 Å². The van der Waals surface area contributed by atoms with E-state index in [0.29, 0.717) is 11.0 Å². The van der Waals surface area contributed by atoms with Gasteiger partial charge in [0.15, 0.2) is 0 Å². The average molecular weight is 175 g/mol. The van der Waals surface area contributed by atoms with Crippen LogP contribution in [0.1, 0.15) is 0 Å². The number of thioether (sulfide) groups is 1. The molecule has 1 N–H and O–H groups in total. The van der Waals surface area contributed by atoms with Gasteiger partial charge in [-0.05, 0) is 12.1 Å². The molecule has 0 atom stereocenters. The van der Waals surface area contributed by atoms with E-state index in [9.17, 15) is 0 Å². The molecule has 3 heteroatoms. The zero-order chi connectivity index (χ0) is 7.40. The molecule has 0 heterocycles. The molecule has 0 saturated carbocycles. The summed E-state index contributed by atoms with van der Waals surface area (Å²) in [5.74, 6) is 0.299. The fourth-order valence-electron chi connectivity index (χ4n) is 0.638. The van der Waals surface area contributed by atoms with Gasteiger partial charge in [-0.25, -0.2) is 0 Å². The van der Waals surface area contributed by atoms with E-state index >= 15 is 0 Å². The molecular formula is C7H7ClOS. The maximum absolute atomic E-state index is 9.16. The molecule has 0 aliphatic rings. The Bertz CT molecular complexity index is 215. The number of alkyl halides is 1. The van der Waals surface area contributed by atoms with Crippen molar-refractivity contribution < 1.29 is 5.11 Å². The first-order valence-electron chi connectivity index (χ1n) is 2.81. The van der Waals surface area contributed by atoms with Crippen LogP contribution >= 0.6 is 23.4 Å². The first-order valence-corrected chi connectivity index (χ1v) is 4.33. The number of halogens is 1. The lowest BCUT2D eigenvalue weighted by Crippen LogP contribution is -1.71. The van der Waals surface area contributed by atoms with Crippen LogP contribution in [0.15, 0.2) is 29.2 Å². The largest absolute Gasteiger partial charge is 0.507 e. The number of aromatic hydroxyl groups is 1. The maximum Gasteiger partial charge on any atom is 0.129 e. The Morgan fingerprint density at radius 2 is 2.10 bits per heavy atom. The first kappa shape index (κ1) is 7.76. The zero-order valence-corrected chi connectivity index (χ0v) is 6.82. The van der Waals surface area contributed by atoms with Crippen molar-refractivity contribution in [2.75, 3.05) is 5.21 Å². The second kappa shape index (κ2) is 3.74. The Hall–Kier alpha value is -0.340. The van der Waals surface area contributed by atoms with Gasteiger partial charge in [-0.1, -0.05) is 12.1 Å². The molecule has 0 aliphatic heterocycles. The topological polar surface area (TPSA) is 20.2 Å². The standard InChI is InChI=1S/C7H7ClOS/c8-5-10-7-4-2-1-3-6(7)9/h1-4,9H,5H2. The number of phenols is 1. The number of rotatable bonds is 2.